The van der Waals surface area contributed by atoms with Crippen LogP contribution in [0.5, 0.6) is 0 Å². The third-order valence-corrected chi connectivity index (χ3v) is 9.25. The van der Waals surface area contributed by atoms with Crippen LogP contribution in [0.25, 0.3) is 0 Å². The summed E-state index contributed by atoms with van der Waals surface area (Å²) in [5.41, 5.74) is 2.93. The van der Waals surface area contributed by atoms with Crippen LogP contribution in [0, 0.1) is 11.8 Å². The monoisotopic (exact) mass is 586 g/mol. The lowest BCUT2D eigenvalue weighted by Gasteiger charge is -2.21. The molecular weight excluding hydrogens is 506 g/mol. The van der Waals surface area contributed by atoms with Crippen LogP contribution in [-0.2, 0) is 0 Å². The van der Waals surface area contributed by atoms with Gasteiger partial charge in [-0.2, -0.15) is 0 Å². The Hall–Kier alpha value is -0.820. The second-order valence-electron chi connectivity index (χ2n) is 14.3. The second kappa shape index (κ2) is 31.6. The van der Waals surface area contributed by atoms with E-state index in [1.165, 1.54) is 185 Å². The fourth-order valence-corrected chi connectivity index (χ4v) is 6.32. The number of hydrogen-bond donors (Lipinski definition) is 0. The highest BCUT2D eigenvalue weighted by Gasteiger charge is 2.10. The fourth-order valence-electron chi connectivity index (χ4n) is 6.32. The molecule has 0 N–H and O–H groups in total. The highest BCUT2D eigenvalue weighted by molar-refractivity contribution is 5.02. The molecule has 1 heteroatoms. The molecule has 0 aliphatic heterocycles. The molecule has 248 valence electrons. The van der Waals surface area contributed by atoms with Crippen molar-refractivity contribution in [2.24, 2.45) is 11.8 Å². The van der Waals surface area contributed by atoms with Crippen molar-refractivity contribution in [3.63, 3.8) is 0 Å². The lowest BCUT2D eigenvalue weighted by molar-refractivity contribution is 0.286. The first kappa shape index (κ1) is 41.2. The highest BCUT2D eigenvalue weighted by Crippen LogP contribution is 2.23. The van der Waals surface area contributed by atoms with Gasteiger partial charge in [0.15, 0.2) is 0 Å². The molecule has 0 aromatic heterocycles. The zero-order valence-corrected chi connectivity index (χ0v) is 30.0. The minimum Gasteiger partial charge on any atom is -0.309 e. The van der Waals surface area contributed by atoms with E-state index in [-0.39, 0.29) is 0 Å². The molecule has 0 aromatic rings. The molecule has 2 atom stereocenters. The van der Waals surface area contributed by atoms with Crippen molar-refractivity contribution >= 4 is 0 Å². The molecule has 0 radical (unpaired) electrons. The van der Waals surface area contributed by atoms with Crippen molar-refractivity contribution < 1.29 is 0 Å². The van der Waals surface area contributed by atoms with E-state index in [1.54, 1.807) is 0 Å². The third-order valence-electron chi connectivity index (χ3n) is 9.25. The predicted octanol–water partition coefficient (Wildman–Crippen LogP) is 14.0. The van der Waals surface area contributed by atoms with E-state index in [0.717, 1.165) is 18.3 Å². The van der Waals surface area contributed by atoms with Gasteiger partial charge in [-0.1, -0.05) is 160 Å². The fraction of sp³-hybridized carbons (Fsp3) is 0.854. The SMILES string of the molecule is C=C(C/C=C/CCCCCC)CCCCCCCC(CCCCCCCC(=C)CCC(C)CCCCCC)CN(C)C. The Kier molecular flexibility index (Phi) is 31.0. The third kappa shape index (κ3) is 30.6. The maximum absolute atomic E-state index is 4.39. The first-order valence-electron chi connectivity index (χ1n) is 19.0. The first-order chi connectivity index (χ1) is 20.4. The summed E-state index contributed by atoms with van der Waals surface area (Å²) < 4.78 is 0. The Morgan fingerprint density at radius 3 is 1.64 bits per heavy atom. The molecule has 0 rings (SSSR count). The quantitative estimate of drug-likeness (QED) is 0.0547. The van der Waals surface area contributed by atoms with Gasteiger partial charge in [0.1, 0.15) is 0 Å². The molecule has 0 aliphatic carbocycles. The minimum absolute atomic E-state index is 0.876. The van der Waals surface area contributed by atoms with Crippen molar-refractivity contribution in [3.8, 4) is 0 Å². The molecule has 0 spiro atoms. The summed E-state index contributed by atoms with van der Waals surface area (Å²) in [4.78, 5) is 2.41. The van der Waals surface area contributed by atoms with E-state index >= 15 is 0 Å². The Labute approximate surface area is 267 Å². The lowest BCUT2D eigenvalue weighted by Crippen LogP contribution is -2.21. The lowest BCUT2D eigenvalue weighted by atomic mass is 9.93. The van der Waals surface area contributed by atoms with Gasteiger partial charge >= 0.3 is 0 Å². The first-order valence-corrected chi connectivity index (χ1v) is 19.0. The number of hydrogen-bond acceptors (Lipinski definition) is 1. The van der Waals surface area contributed by atoms with Crippen molar-refractivity contribution in [1.82, 2.24) is 4.90 Å². The Balaban J connectivity index is 3.76. The van der Waals surface area contributed by atoms with Gasteiger partial charge in [0.2, 0.25) is 0 Å². The molecule has 0 aliphatic rings. The molecule has 42 heavy (non-hydrogen) atoms. The highest BCUT2D eigenvalue weighted by atomic mass is 15.1. The molecule has 0 amide bonds. The number of nitrogens with zero attached hydrogens (tertiary/aromatic N) is 1. The van der Waals surface area contributed by atoms with Crippen molar-refractivity contribution in [1.29, 1.82) is 0 Å². The van der Waals surface area contributed by atoms with Gasteiger partial charge in [-0.15, -0.1) is 0 Å². The van der Waals surface area contributed by atoms with Crippen LogP contribution in [0.15, 0.2) is 36.5 Å². The average Bonchev–Trinajstić information content (AvgIpc) is 2.96. The van der Waals surface area contributed by atoms with E-state index < -0.39 is 0 Å². The zero-order chi connectivity index (χ0) is 31.1. The molecule has 0 aromatic carbocycles. The predicted molar refractivity (Wildman–Crippen MR) is 195 cm³/mol. The number of allylic oxidation sites excluding steroid dienone is 4. The molecule has 0 fully saturated rings. The minimum atomic E-state index is 0.876. The smallest absolute Gasteiger partial charge is 0.000356 e. The van der Waals surface area contributed by atoms with Crippen molar-refractivity contribution in [3.05, 3.63) is 36.5 Å². The van der Waals surface area contributed by atoms with Crippen LogP contribution in [0.4, 0.5) is 0 Å². The molecule has 2 unspecified atom stereocenters. The Morgan fingerprint density at radius 1 is 0.548 bits per heavy atom. The van der Waals surface area contributed by atoms with Crippen LogP contribution in [-0.4, -0.2) is 25.5 Å². The van der Waals surface area contributed by atoms with E-state index in [4.69, 9.17) is 0 Å². The Bertz CT molecular complexity index is 614. The van der Waals surface area contributed by atoms with Gasteiger partial charge in [-0.3, -0.25) is 0 Å². The number of rotatable bonds is 33. The summed E-state index contributed by atoms with van der Waals surface area (Å²) in [6, 6.07) is 0. The second-order valence-corrected chi connectivity index (χ2v) is 14.3. The van der Waals surface area contributed by atoms with Gasteiger partial charge in [0, 0.05) is 6.54 Å². The molecule has 0 saturated carbocycles. The topological polar surface area (TPSA) is 3.24 Å². The molecule has 0 heterocycles. The molecule has 0 bridgehead atoms. The van der Waals surface area contributed by atoms with Crippen LogP contribution < -0.4 is 0 Å². The maximum Gasteiger partial charge on any atom is 0.000356 e. The van der Waals surface area contributed by atoms with Crippen molar-refractivity contribution in [2.75, 3.05) is 20.6 Å². The van der Waals surface area contributed by atoms with Gasteiger partial charge in [0.05, 0.1) is 0 Å². The van der Waals surface area contributed by atoms with Gasteiger partial charge in [-0.25, -0.2) is 0 Å². The average molecular weight is 586 g/mol. The summed E-state index contributed by atoms with van der Waals surface area (Å²) in [5, 5.41) is 0. The standard InChI is InChI=1S/C41H79N/c1-8-10-12-14-15-18-24-29-38(3)30-25-19-16-21-27-33-41(37-42(6)7)34-28-22-17-20-26-32-40(5)36-35-39(4)31-23-13-11-9-2/h18,24,39,41H,3,5,8-17,19-23,25-37H2,1-2,4,6-7H3/b24-18+. The van der Waals surface area contributed by atoms with Gasteiger partial charge in [0.25, 0.3) is 0 Å². The van der Waals surface area contributed by atoms with E-state index in [1.807, 2.05) is 0 Å². The van der Waals surface area contributed by atoms with Crippen LogP contribution in [0.3, 0.4) is 0 Å². The summed E-state index contributed by atoms with van der Waals surface area (Å²) in [6.07, 6.45) is 41.4. The summed E-state index contributed by atoms with van der Waals surface area (Å²) >= 11 is 0. The molecule has 1 nitrogen and oxygen atoms in total. The normalized spacial score (nSPS) is 13.3. The van der Waals surface area contributed by atoms with E-state index in [9.17, 15) is 0 Å². The van der Waals surface area contributed by atoms with Gasteiger partial charge < -0.3 is 4.90 Å². The maximum atomic E-state index is 4.39. The van der Waals surface area contributed by atoms with Crippen molar-refractivity contribution in [2.45, 2.75) is 194 Å². The zero-order valence-electron chi connectivity index (χ0n) is 30.0. The van der Waals surface area contributed by atoms with E-state index in [0.29, 0.717) is 0 Å². The number of unbranched alkanes of at least 4 members (excludes halogenated alkanes) is 15. The molecular formula is C41H79N. The Morgan fingerprint density at radius 2 is 1.05 bits per heavy atom. The van der Waals surface area contributed by atoms with Gasteiger partial charge in [-0.05, 0) is 96.6 Å². The molecule has 0 saturated heterocycles. The largest absolute Gasteiger partial charge is 0.309 e. The summed E-state index contributed by atoms with van der Waals surface area (Å²) in [7, 11) is 4.50. The van der Waals surface area contributed by atoms with Crippen LogP contribution in [0.1, 0.15) is 194 Å². The van der Waals surface area contributed by atoms with Crippen LogP contribution in [0.2, 0.25) is 0 Å². The van der Waals surface area contributed by atoms with E-state index in [2.05, 4.69) is 65.1 Å². The van der Waals surface area contributed by atoms with Crippen LogP contribution >= 0.6 is 0 Å². The summed E-state index contributed by atoms with van der Waals surface area (Å²) in [5.74, 6) is 1.76. The summed E-state index contributed by atoms with van der Waals surface area (Å²) in [6.45, 7) is 17.0.